The summed E-state index contributed by atoms with van der Waals surface area (Å²) >= 11 is 0. The summed E-state index contributed by atoms with van der Waals surface area (Å²) in [6.45, 7) is 0. The van der Waals surface area contributed by atoms with Crippen molar-refractivity contribution >= 4 is 34.7 Å². The number of carbonyl (C=O) groups excluding carboxylic acids is 1. The summed E-state index contributed by atoms with van der Waals surface area (Å²) < 4.78 is 4.77. The third-order valence-electron chi connectivity index (χ3n) is 5.19. The van der Waals surface area contributed by atoms with Crippen LogP contribution in [0.5, 0.6) is 0 Å². The summed E-state index contributed by atoms with van der Waals surface area (Å²) in [6.07, 6.45) is 1.60. The van der Waals surface area contributed by atoms with Crippen LogP contribution in [0.2, 0.25) is 0 Å². The Kier molecular flexibility index (Phi) is 5.14. The van der Waals surface area contributed by atoms with Gasteiger partial charge in [0.05, 0.1) is 39.1 Å². The summed E-state index contributed by atoms with van der Waals surface area (Å²) in [7, 11) is 1.08. The molecule has 11 nitrogen and oxygen atoms in total. The minimum absolute atomic E-state index is 0.0434. The van der Waals surface area contributed by atoms with Crippen molar-refractivity contribution < 1.29 is 24.3 Å². The number of non-ortho nitro benzene ring substituents is 2. The fourth-order valence-corrected chi connectivity index (χ4v) is 3.84. The molecule has 0 saturated carbocycles. The van der Waals surface area contributed by atoms with Gasteiger partial charge < -0.3 is 4.74 Å². The van der Waals surface area contributed by atoms with Crippen molar-refractivity contribution in [2.45, 2.75) is 0 Å². The highest BCUT2D eigenvalue weighted by molar-refractivity contribution is 6.15. The first-order valence-electron chi connectivity index (χ1n) is 9.38. The molecule has 0 fully saturated rings. The van der Waals surface area contributed by atoms with Crippen LogP contribution < -0.4 is 0 Å². The van der Waals surface area contributed by atoms with Gasteiger partial charge in [0.2, 0.25) is 0 Å². The lowest BCUT2D eigenvalue weighted by molar-refractivity contribution is -0.393. The maximum absolute atomic E-state index is 12.5. The quantitative estimate of drug-likeness (QED) is 0.241. The van der Waals surface area contributed by atoms with Crippen LogP contribution in [0.3, 0.4) is 0 Å². The van der Waals surface area contributed by atoms with Crippen LogP contribution in [0, 0.1) is 30.3 Å². The number of nitro groups is 3. The molecule has 3 aromatic rings. The second kappa shape index (κ2) is 7.96. The van der Waals surface area contributed by atoms with Crippen LogP contribution in [0.1, 0.15) is 27.0 Å². The van der Waals surface area contributed by atoms with E-state index in [1.807, 2.05) is 0 Å². The normalized spacial score (nSPS) is 12.7. The van der Waals surface area contributed by atoms with Crippen molar-refractivity contribution in [1.82, 2.24) is 0 Å². The van der Waals surface area contributed by atoms with E-state index in [9.17, 15) is 35.1 Å². The molecule has 0 saturated heterocycles. The molecular weight excluding hydrogens is 434 g/mol. The van der Waals surface area contributed by atoms with Crippen LogP contribution in [-0.2, 0) is 4.74 Å². The Labute approximate surface area is 185 Å². The highest BCUT2D eigenvalue weighted by Crippen LogP contribution is 2.53. The first kappa shape index (κ1) is 21.3. The van der Waals surface area contributed by atoms with E-state index in [-0.39, 0.29) is 33.4 Å². The van der Waals surface area contributed by atoms with E-state index in [0.717, 1.165) is 25.3 Å². The van der Waals surface area contributed by atoms with Crippen molar-refractivity contribution in [1.29, 1.82) is 0 Å². The van der Waals surface area contributed by atoms with Gasteiger partial charge >= 0.3 is 5.97 Å². The number of methoxy groups -OCH3 is 1. The van der Waals surface area contributed by atoms with Crippen LogP contribution in [0.15, 0.2) is 54.6 Å². The molecule has 164 valence electrons. The molecule has 4 rings (SSSR count). The van der Waals surface area contributed by atoms with Crippen molar-refractivity contribution in [2.75, 3.05) is 7.11 Å². The fourth-order valence-electron chi connectivity index (χ4n) is 3.84. The SMILES string of the molecule is COC(=O)c1cc([N+](=O)[O-])cc2c1-c1c(cc([N+](=O)[O-])cc1[N+](=O)[O-])/C2=C/c1ccccc1. The molecule has 0 heterocycles. The number of ether oxygens (including phenoxy) is 1. The van der Waals surface area contributed by atoms with E-state index in [4.69, 9.17) is 4.74 Å². The number of hydrogen-bond acceptors (Lipinski definition) is 8. The van der Waals surface area contributed by atoms with Crippen molar-refractivity contribution in [3.63, 3.8) is 0 Å². The first-order chi connectivity index (χ1) is 15.7. The fraction of sp³-hybridized carbons (Fsp3) is 0.0455. The highest BCUT2D eigenvalue weighted by Gasteiger charge is 2.38. The first-order valence-corrected chi connectivity index (χ1v) is 9.38. The molecule has 1 aliphatic rings. The Bertz CT molecular complexity index is 1400. The van der Waals surface area contributed by atoms with E-state index in [1.165, 1.54) is 6.07 Å². The molecule has 1 aliphatic carbocycles. The topological polar surface area (TPSA) is 156 Å². The lowest BCUT2D eigenvalue weighted by Crippen LogP contribution is -2.06. The zero-order valence-corrected chi connectivity index (χ0v) is 16.9. The second-order valence-electron chi connectivity index (χ2n) is 7.03. The molecule has 0 aromatic heterocycles. The Morgan fingerprint density at radius 3 is 1.94 bits per heavy atom. The molecular formula is C22H13N3O8. The zero-order valence-electron chi connectivity index (χ0n) is 16.9. The monoisotopic (exact) mass is 447 g/mol. The van der Waals surface area contributed by atoms with Crippen LogP contribution >= 0.6 is 0 Å². The van der Waals surface area contributed by atoms with Crippen molar-refractivity contribution in [2.24, 2.45) is 0 Å². The molecule has 0 atom stereocenters. The van der Waals surface area contributed by atoms with Gasteiger partial charge in [-0.25, -0.2) is 4.79 Å². The van der Waals surface area contributed by atoms with Gasteiger partial charge in [-0.05, 0) is 22.8 Å². The summed E-state index contributed by atoms with van der Waals surface area (Å²) in [5.41, 5.74) is -0.623. The number of carbonyl (C=O) groups is 1. The third kappa shape index (κ3) is 3.57. The lowest BCUT2D eigenvalue weighted by atomic mass is 9.96. The Morgan fingerprint density at radius 2 is 1.39 bits per heavy atom. The van der Waals surface area contributed by atoms with Gasteiger partial charge in [-0.15, -0.1) is 0 Å². The number of fused-ring (bicyclic) bond motifs is 3. The summed E-state index contributed by atoms with van der Waals surface area (Å²) in [4.78, 5) is 45.2. The van der Waals surface area contributed by atoms with E-state index < -0.39 is 37.8 Å². The predicted molar refractivity (Wildman–Crippen MR) is 117 cm³/mol. The Hall–Kier alpha value is -4.93. The molecule has 0 aliphatic heterocycles. The molecule has 0 N–H and O–H groups in total. The average molecular weight is 447 g/mol. The van der Waals surface area contributed by atoms with E-state index in [1.54, 1.807) is 36.4 Å². The number of hydrogen-bond donors (Lipinski definition) is 0. The molecule has 0 amide bonds. The van der Waals surface area contributed by atoms with Gasteiger partial charge in [-0.1, -0.05) is 30.3 Å². The molecule has 0 unspecified atom stereocenters. The number of rotatable bonds is 5. The summed E-state index contributed by atoms with van der Waals surface area (Å²) in [6, 6.07) is 12.8. The van der Waals surface area contributed by atoms with Gasteiger partial charge in [0.25, 0.3) is 17.1 Å². The molecule has 11 heteroatoms. The number of nitro benzene ring substituents is 3. The van der Waals surface area contributed by atoms with Crippen LogP contribution in [-0.4, -0.2) is 27.8 Å². The Balaban J connectivity index is 2.19. The Morgan fingerprint density at radius 1 is 0.818 bits per heavy atom. The predicted octanol–water partition coefficient (Wildman–Crippen LogP) is 4.77. The average Bonchev–Trinajstić information content (AvgIpc) is 3.11. The third-order valence-corrected chi connectivity index (χ3v) is 5.19. The minimum atomic E-state index is -0.936. The largest absolute Gasteiger partial charge is 0.465 e. The smallest absolute Gasteiger partial charge is 0.338 e. The van der Waals surface area contributed by atoms with Gasteiger partial charge in [0, 0.05) is 29.3 Å². The van der Waals surface area contributed by atoms with Crippen LogP contribution in [0.25, 0.3) is 22.8 Å². The highest BCUT2D eigenvalue weighted by atomic mass is 16.6. The standard InChI is InChI=1S/C22H13N3O8/c1-33-22(26)18-10-13(23(27)28)8-16-15(7-12-5-3-2-4-6-12)17-9-14(24(29)30)11-19(25(31)32)21(17)20(16)18/h2-11H,1H3/b15-7+. The number of nitrogens with zero attached hydrogens (tertiary/aromatic N) is 3. The van der Waals surface area contributed by atoms with E-state index in [0.29, 0.717) is 5.56 Å². The van der Waals surface area contributed by atoms with Gasteiger partial charge in [-0.2, -0.15) is 0 Å². The van der Waals surface area contributed by atoms with E-state index >= 15 is 0 Å². The zero-order chi connectivity index (χ0) is 23.9. The number of esters is 1. The van der Waals surface area contributed by atoms with Gasteiger partial charge in [0.15, 0.2) is 0 Å². The maximum Gasteiger partial charge on any atom is 0.338 e. The molecule has 0 spiro atoms. The number of benzene rings is 3. The van der Waals surface area contributed by atoms with Gasteiger partial charge in [0.1, 0.15) is 0 Å². The molecule has 0 radical (unpaired) electrons. The van der Waals surface area contributed by atoms with Crippen molar-refractivity contribution in [3.05, 3.63) is 107 Å². The summed E-state index contributed by atoms with van der Waals surface area (Å²) in [5, 5.41) is 34.9. The summed E-state index contributed by atoms with van der Waals surface area (Å²) in [5.74, 6) is -0.936. The molecule has 3 aromatic carbocycles. The molecule has 33 heavy (non-hydrogen) atoms. The van der Waals surface area contributed by atoms with E-state index in [2.05, 4.69) is 0 Å². The lowest BCUT2D eigenvalue weighted by Gasteiger charge is -2.08. The van der Waals surface area contributed by atoms with Crippen LogP contribution in [0.4, 0.5) is 17.1 Å². The molecule has 0 bridgehead atoms. The maximum atomic E-state index is 12.5. The van der Waals surface area contributed by atoms with Gasteiger partial charge in [-0.3, -0.25) is 30.3 Å². The minimum Gasteiger partial charge on any atom is -0.465 e. The second-order valence-corrected chi connectivity index (χ2v) is 7.03. The van der Waals surface area contributed by atoms with Crippen molar-refractivity contribution in [3.8, 4) is 11.1 Å².